The van der Waals surface area contributed by atoms with Gasteiger partial charge < -0.3 is 9.64 Å². The molecule has 7 nitrogen and oxygen atoms in total. The molecule has 25 heavy (non-hydrogen) atoms. The number of amides is 1. The Morgan fingerprint density at radius 3 is 2.76 bits per heavy atom. The van der Waals surface area contributed by atoms with Crippen molar-refractivity contribution in [2.75, 3.05) is 13.1 Å². The summed E-state index contributed by atoms with van der Waals surface area (Å²) in [6.45, 7) is 0.954. The first-order valence-corrected chi connectivity index (χ1v) is 7.81. The Morgan fingerprint density at radius 1 is 1.32 bits per heavy atom. The number of nitro groups is 1. The zero-order valence-corrected chi connectivity index (χ0v) is 13.3. The van der Waals surface area contributed by atoms with Crippen LogP contribution >= 0.6 is 0 Å². The molecule has 2 heterocycles. The molecule has 0 spiro atoms. The van der Waals surface area contributed by atoms with Crippen molar-refractivity contribution in [2.24, 2.45) is 0 Å². The number of benzene rings is 1. The van der Waals surface area contributed by atoms with E-state index >= 15 is 0 Å². The van der Waals surface area contributed by atoms with E-state index < -0.39 is 10.9 Å². The number of carbonyl (C=O) groups excluding carboxylic acids is 1. The molecule has 0 bridgehead atoms. The minimum Gasteiger partial charge on any atom is -0.472 e. The first-order chi connectivity index (χ1) is 12.0. The summed E-state index contributed by atoms with van der Waals surface area (Å²) in [6.07, 6.45) is 0.586. The third-order valence-electron chi connectivity index (χ3n) is 3.98. The average molecular weight is 345 g/mol. The first-order valence-electron chi connectivity index (χ1n) is 7.81. The molecule has 0 saturated carbocycles. The van der Waals surface area contributed by atoms with E-state index in [1.807, 2.05) is 0 Å². The number of nitro benzene ring substituents is 1. The minimum atomic E-state index is -0.610. The highest BCUT2D eigenvalue weighted by molar-refractivity contribution is 5.79. The Labute approximate surface area is 143 Å². The lowest BCUT2D eigenvalue weighted by Gasteiger charge is -2.17. The van der Waals surface area contributed by atoms with Gasteiger partial charge in [-0.15, -0.1) is 0 Å². The molecule has 0 radical (unpaired) electrons. The Hall–Kier alpha value is -3.03. The summed E-state index contributed by atoms with van der Waals surface area (Å²) in [5, 5.41) is 10.6. The van der Waals surface area contributed by atoms with Gasteiger partial charge in [-0.1, -0.05) is 18.2 Å². The van der Waals surface area contributed by atoms with E-state index in [2.05, 4.69) is 4.98 Å². The number of hydrogen-bond donors (Lipinski definition) is 0. The fraction of sp³-hybridized carbons (Fsp3) is 0.294. The zero-order valence-electron chi connectivity index (χ0n) is 13.3. The summed E-state index contributed by atoms with van der Waals surface area (Å²) in [4.78, 5) is 27.8. The largest absolute Gasteiger partial charge is 0.472 e. The van der Waals surface area contributed by atoms with Crippen molar-refractivity contribution in [1.29, 1.82) is 0 Å². The van der Waals surface area contributed by atoms with Gasteiger partial charge in [-0.3, -0.25) is 14.9 Å². The van der Waals surface area contributed by atoms with Gasteiger partial charge in [-0.2, -0.15) is 9.37 Å². The molecule has 1 aromatic heterocycles. The number of carbonyl (C=O) groups is 1. The van der Waals surface area contributed by atoms with Crippen molar-refractivity contribution < 1.29 is 18.8 Å². The zero-order chi connectivity index (χ0) is 17.8. The summed E-state index contributed by atoms with van der Waals surface area (Å²) in [5.74, 6) is -0.483. The van der Waals surface area contributed by atoms with Gasteiger partial charge in [-0.25, -0.2) is 0 Å². The highest BCUT2D eigenvalue weighted by atomic mass is 19.1. The van der Waals surface area contributed by atoms with E-state index in [1.54, 1.807) is 23.1 Å². The summed E-state index contributed by atoms with van der Waals surface area (Å²) in [6, 6.07) is 10.3. The number of pyridine rings is 1. The molecule has 1 fully saturated rings. The van der Waals surface area contributed by atoms with Crippen LogP contribution in [0.3, 0.4) is 0 Å². The van der Waals surface area contributed by atoms with Crippen molar-refractivity contribution in [1.82, 2.24) is 9.88 Å². The van der Waals surface area contributed by atoms with Crippen molar-refractivity contribution in [2.45, 2.75) is 18.9 Å². The summed E-state index contributed by atoms with van der Waals surface area (Å²) >= 11 is 0. The van der Waals surface area contributed by atoms with Crippen molar-refractivity contribution in [3.8, 4) is 5.88 Å². The highest BCUT2D eigenvalue weighted by Crippen LogP contribution is 2.18. The van der Waals surface area contributed by atoms with Gasteiger partial charge >= 0.3 is 0 Å². The van der Waals surface area contributed by atoms with Gasteiger partial charge in [0.1, 0.15) is 6.10 Å². The lowest BCUT2D eigenvalue weighted by atomic mass is 10.1. The standard InChI is InChI=1S/C17H16FN3O4/c18-15-2-1-3-16(19-15)25-14-8-9-20(11-14)17(22)10-12-4-6-13(7-5-12)21(23)24/h1-7,14H,8-11H2. The van der Waals surface area contributed by atoms with E-state index in [4.69, 9.17) is 4.74 Å². The SMILES string of the molecule is O=C(Cc1ccc([N+](=O)[O-])cc1)N1CCC(Oc2cccc(F)n2)C1. The van der Waals surface area contributed by atoms with Crippen LogP contribution in [0.4, 0.5) is 10.1 Å². The fourth-order valence-electron chi connectivity index (χ4n) is 2.70. The molecule has 1 aromatic carbocycles. The number of non-ortho nitro benzene ring substituents is 1. The second-order valence-corrected chi connectivity index (χ2v) is 5.77. The maximum atomic E-state index is 13.1. The normalized spacial score (nSPS) is 16.7. The second-order valence-electron chi connectivity index (χ2n) is 5.77. The van der Waals surface area contributed by atoms with Gasteiger partial charge in [0.2, 0.25) is 17.7 Å². The van der Waals surface area contributed by atoms with Crippen LogP contribution in [0.5, 0.6) is 5.88 Å². The predicted molar refractivity (Wildman–Crippen MR) is 86.6 cm³/mol. The quantitative estimate of drug-likeness (QED) is 0.472. The van der Waals surface area contributed by atoms with E-state index in [-0.39, 0.29) is 30.0 Å². The molecule has 1 atom stereocenters. The topological polar surface area (TPSA) is 85.6 Å². The first kappa shape index (κ1) is 16.8. The van der Waals surface area contributed by atoms with E-state index in [9.17, 15) is 19.3 Å². The Balaban J connectivity index is 1.54. The van der Waals surface area contributed by atoms with Crippen LogP contribution < -0.4 is 4.74 Å². The second kappa shape index (κ2) is 7.25. The van der Waals surface area contributed by atoms with E-state index in [0.717, 1.165) is 0 Å². The van der Waals surface area contributed by atoms with Gasteiger partial charge in [0.05, 0.1) is 17.9 Å². The highest BCUT2D eigenvalue weighted by Gasteiger charge is 2.28. The van der Waals surface area contributed by atoms with Crippen molar-refractivity contribution in [3.63, 3.8) is 0 Å². The number of aromatic nitrogens is 1. The predicted octanol–water partition coefficient (Wildman–Crippen LogP) is 2.35. The maximum Gasteiger partial charge on any atom is 0.269 e. The maximum absolute atomic E-state index is 13.1. The molecule has 1 aliphatic rings. The molecule has 1 saturated heterocycles. The minimum absolute atomic E-state index is 0.00608. The number of hydrogen-bond acceptors (Lipinski definition) is 5. The Kier molecular flexibility index (Phi) is 4.87. The van der Waals surface area contributed by atoms with E-state index in [0.29, 0.717) is 25.1 Å². The molecule has 1 aliphatic heterocycles. The van der Waals surface area contributed by atoms with Crippen molar-refractivity contribution in [3.05, 3.63) is 64.1 Å². The third-order valence-corrected chi connectivity index (χ3v) is 3.98. The monoisotopic (exact) mass is 345 g/mol. The lowest BCUT2D eigenvalue weighted by molar-refractivity contribution is -0.384. The third kappa shape index (κ3) is 4.28. The number of rotatable bonds is 5. The molecule has 1 amide bonds. The van der Waals surface area contributed by atoms with Crippen LogP contribution in [0.2, 0.25) is 0 Å². The summed E-state index contributed by atoms with van der Waals surface area (Å²) in [7, 11) is 0. The molecule has 130 valence electrons. The molecule has 1 unspecified atom stereocenters. The fourth-order valence-corrected chi connectivity index (χ4v) is 2.70. The molecular formula is C17H16FN3O4. The number of likely N-dealkylation sites (tertiary alicyclic amines) is 1. The van der Waals surface area contributed by atoms with Gasteiger partial charge in [0, 0.05) is 31.2 Å². The Morgan fingerprint density at radius 2 is 2.08 bits per heavy atom. The Bertz CT molecular complexity index is 782. The number of nitrogens with zero attached hydrogens (tertiary/aromatic N) is 3. The van der Waals surface area contributed by atoms with Gasteiger partial charge in [0.15, 0.2) is 0 Å². The van der Waals surface area contributed by atoms with Crippen LogP contribution in [0, 0.1) is 16.1 Å². The van der Waals surface area contributed by atoms with Crippen molar-refractivity contribution >= 4 is 11.6 Å². The molecule has 0 N–H and O–H groups in total. The lowest BCUT2D eigenvalue weighted by Crippen LogP contribution is -2.32. The molecule has 0 aliphatic carbocycles. The number of ether oxygens (including phenoxy) is 1. The summed E-state index contributed by atoms with van der Waals surface area (Å²) in [5.41, 5.74) is 0.709. The molecule has 3 rings (SSSR count). The smallest absolute Gasteiger partial charge is 0.269 e. The molecular weight excluding hydrogens is 329 g/mol. The van der Waals surface area contributed by atoms with Crippen LogP contribution in [-0.4, -0.2) is 39.9 Å². The van der Waals surface area contributed by atoms with Gasteiger partial charge in [0.25, 0.3) is 5.69 Å². The molecule has 2 aromatic rings. The molecule has 8 heteroatoms. The summed E-state index contributed by atoms with van der Waals surface area (Å²) < 4.78 is 18.7. The van der Waals surface area contributed by atoms with Crippen LogP contribution in [0.1, 0.15) is 12.0 Å². The number of halogens is 1. The van der Waals surface area contributed by atoms with Crippen LogP contribution in [-0.2, 0) is 11.2 Å². The van der Waals surface area contributed by atoms with E-state index in [1.165, 1.54) is 24.3 Å². The van der Waals surface area contributed by atoms with Crippen LogP contribution in [0.15, 0.2) is 42.5 Å². The average Bonchev–Trinajstić information content (AvgIpc) is 3.04. The van der Waals surface area contributed by atoms with Crippen LogP contribution in [0.25, 0.3) is 0 Å². The van der Waals surface area contributed by atoms with Gasteiger partial charge in [-0.05, 0) is 11.6 Å².